The summed E-state index contributed by atoms with van der Waals surface area (Å²) in [6.45, 7) is 5.43. The molecule has 0 spiro atoms. The molecule has 1 aromatic rings. The molecule has 0 aliphatic carbocycles. The molecule has 1 aliphatic heterocycles. The summed E-state index contributed by atoms with van der Waals surface area (Å²) in [5.41, 5.74) is 7.07. The van der Waals surface area contributed by atoms with E-state index in [9.17, 15) is 4.79 Å². The maximum atomic E-state index is 11.2. The van der Waals surface area contributed by atoms with Gasteiger partial charge in [0.25, 0.3) is 0 Å². The van der Waals surface area contributed by atoms with Gasteiger partial charge in [-0.15, -0.1) is 0 Å². The van der Waals surface area contributed by atoms with E-state index in [1.807, 2.05) is 12.1 Å². The Morgan fingerprint density at radius 1 is 1.44 bits per heavy atom. The molecule has 1 amide bonds. The molecule has 1 heterocycles. The molecule has 1 aliphatic rings. The number of primary amides is 1. The van der Waals surface area contributed by atoms with Crippen molar-refractivity contribution in [3.63, 3.8) is 0 Å². The zero-order valence-electron chi connectivity index (χ0n) is 11.0. The minimum absolute atomic E-state index is 0.361. The quantitative estimate of drug-likeness (QED) is 0.869. The normalized spacial score (nSPS) is 18.3. The molecular weight excluding hydrogens is 289 g/mol. The van der Waals surface area contributed by atoms with Crippen molar-refractivity contribution >= 4 is 20.6 Å². The Labute approximate surface area is 113 Å². The van der Waals surface area contributed by atoms with Gasteiger partial charge in [0.15, 0.2) is 0 Å². The van der Waals surface area contributed by atoms with Crippen LogP contribution in [0, 0.1) is 0 Å². The van der Waals surface area contributed by atoms with Gasteiger partial charge in [0.2, 0.25) is 0 Å². The standard InChI is InChI=1S/C14H20AsNO2/c1-3-15(4-2)12-8-11-7-10(14(16)17)5-6-13(11)18-9-12/h5-7,12H,3-4,8-9H2,1-2H3,(H2,16,17)/t12-/m0/s1. The molecule has 0 fully saturated rings. The average Bonchev–Trinajstić information content (AvgIpc) is 2.39. The molecule has 0 saturated heterocycles. The van der Waals surface area contributed by atoms with Crippen LogP contribution in [0.4, 0.5) is 0 Å². The molecule has 0 unspecified atom stereocenters. The van der Waals surface area contributed by atoms with Gasteiger partial charge in [-0.2, -0.15) is 0 Å². The number of ether oxygens (including phenoxy) is 1. The SMILES string of the molecule is CC[As](CC)[C@@H]1COc2ccc(C(N)=O)cc2C1. The monoisotopic (exact) mass is 309 g/mol. The van der Waals surface area contributed by atoms with Gasteiger partial charge in [-0.25, -0.2) is 0 Å². The van der Waals surface area contributed by atoms with Crippen molar-refractivity contribution in [2.75, 3.05) is 6.61 Å². The van der Waals surface area contributed by atoms with Crippen LogP contribution in [-0.4, -0.2) is 27.2 Å². The second-order valence-corrected chi connectivity index (χ2v) is 11.2. The number of rotatable bonds is 4. The van der Waals surface area contributed by atoms with Crippen LogP contribution in [0.2, 0.25) is 15.1 Å². The number of hydrogen-bond donors (Lipinski definition) is 1. The maximum absolute atomic E-state index is 11.2. The summed E-state index contributed by atoms with van der Waals surface area (Å²) in [7, 11) is 0. The molecular formula is C14H20AsNO2. The number of fused-ring (bicyclic) bond motifs is 1. The summed E-state index contributed by atoms with van der Waals surface area (Å²) in [6, 6.07) is 5.53. The minimum atomic E-state index is -0.784. The van der Waals surface area contributed by atoms with Crippen molar-refractivity contribution in [1.29, 1.82) is 0 Å². The number of nitrogens with two attached hydrogens (primary N) is 1. The summed E-state index contributed by atoms with van der Waals surface area (Å²) < 4.78 is 6.54. The Bertz CT molecular complexity index is 443. The van der Waals surface area contributed by atoms with Crippen LogP contribution in [-0.2, 0) is 6.42 Å². The van der Waals surface area contributed by atoms with Gasteiger partial charge in [0.05, 0.1) is 0 Å². The Morgan fingerprint density at radius 2 is 2.17 bits per heavy atom. The first kappa shape index (κ1) is 13.5. The van der Waals surface area contributed by atoms with Gasteiger partial charge in [-0.1, -0.05) is 0 Å². The summed E-state index contributed by atoms with van der Waals surface area (Å²) in [5.74, 6) is 0.567. The summed E-state index contributed by atoms with van der Waals surface area (Å²) in [5, 5.41) is 2.64. The van der Waals surface area contributed by atoms with E-state index in [-0.39, 0.29) is 5.91 Å². The second kappa shape index (κ2) is 5.79. The predicted octanol–water partition coefficient (Wildman–Crippen LogP) is 2.63. The second-order valence-electron chi connectivity index (χ2n) is 4.58. The molecule has 18 heavy (non-hydrogen) atoms. The van der Waals surface area contributed by atoms with Crippen LogP contribution in [0.1, 0.15) is 29.8 Å². The van der Waals surface area contributed by atoms with Crippen molar-refractivity contribution in [2.24, 2.45) is 5.73 Å². The van der Waals surface area contributed by atoms with Gasteiger partial charge in [0, 0.05) is 0 Å². The summed E-state index contributed by atoms with van der Waals surface area (Å²) >= 11 is -0.784. The van der Waals surface area contributed by atoms with Gasteiger partial charge >= 0.3 is 113 Å². The van der Waals surface area contributed by atoms with Gasteiger partial charge in [0.1, 0.15) is 0 Å². The predicted molar refractivity (Wildman–Crippen MR) is 74.6 cm³/mol. The van der Waals surface area contributed by atoms with E-state index in [4.69, 9.17) is 10.5 Å². The van der Waals surface area contributed by atoms with Crippen molar-refractivity contribution in [3.8, 4) is 5.75 Å². The third-order valence-corrected chi connectivity index (χ3v) is 9.83. The molecule has 2 N–H and O–H groups in total. The average molecular weight is 309 g/mol. The van der Waals surface area contributed by atoms with E-state index in [0.29, 0.717) is 10.3 Å². The van der Waals surface area contributed by atoms with E-state index < -0.39 is 14.7 Å². The molecule has 1 aromatic carbocycles. The summed E-state index contributed by atoms with van der Waals surface area (Å²) in [4.78, 5) is 11.2. The van der Waals surface area contributed by atoms with Crippen molar-refractivity contribution < 1.29 is 9.53 Å². The van der Waals surface area contributed by atoms with Gasteiger partial charge in [-0.3, -0.25) is 0 Å². The molecule has 98 valence electrons. The summed E-state index contributed by atoms with van der Waals surface area (Å²) in [6.07, 6.45) is 1.05. The Balaban J connectivity index is 2.21. The fourth-order valence-corrected chi connectivity index (χ4v) is 7.16. The fourth-order valence-electron chi connectivity index (χ4n) is 2.51. The third kappa shape index (κ3) is 2.72. The van der Waals surface area contributed by atoms with Crippen LogP contribution >= 0.6 is 0 Å². The van der Waals surface area contributed by atoms with E-state index in [1.54, 1.807) is 6.07 Å². The first-order valence-corrected chi connectivity index (χ1v) is 10.2. The van der Waals surface area contributed by atoms with Gasteiger partial charge in [-0.05, 0) is 0 Å². The Hall–Kier alpha value is -0.952. The van der Waals surface area contributed by atoms with Crippen LogP contribution in [0.5, 0.6) is 5.75 Å². The molecule has 0 saturated carbocycles. The number of amides is 1. The molecule has 0 radical (unpaired) electrons. The molecule has 0 bridgehead atoms. The van der Waals surface area contributed by atoms with Crippen LogP contribution < -0.4 is 10.5 Å². The zero-order chi connectivity index (χ0) is 13.1. The fraction of sp³-hybridized carbons (Fsp3) is 0.500. The topological polar surface area (TPSA) is 52.3 Å². The number of hydrogen-bond acceptors (Lipinski definition) is 2. The Kier molecular flexibility index (Phi) is 4.34. The first-order valence-electron chi connectivity index (χ1n) is 6.45. The van der Waals surface area contributed by atoms with E-state index in [0.717, 1.165) is 24.3 Å². The van der Waals surface area contributed by atoms with Crippen LogP contribution in [0.25, 0.3) is 0 Å². The molecule has 4 heteroatoms. The van der Waals surface area contributed by atoms with Crippen molar-refractivity contribution in [2.45, 2.75) is 35.4 Å². The number of carbonyl (C=O) groups excluding carboxylic acids is 1. The van der Waals surface area contributed by atoms with E-state index in [1.165, 1.54) is 10.4 Å². The van der Waals surface area contributed by atoms with E-state index in [2.05, 4.69) is 13.8 Å². The van der Waals surface area contributed by atoms with Crippen LogP contribution in [0.15, 0.2) is 18.2 Å². The molecule has 3 nitrogen and oxygen atoms in total. The molecule has 1 atom stereocenters. The van der Waals surface area contributed by atoms with Gasteiger partial charge < -0.3 is 0 Å². The number of carbonyl (C=O) groups is 1. The number of benzene rings is 1. The first-order chi connectivity index (χ1) is 8.65. The molecule has 2 rings (SSSR count). The van der Waals surface area contributed by atoms with Crippen molar-refractivity contribution in [3.05, 3.63) is 29.3 Å². The Morgan fingerprint density at radius 3 is 2.78 bits per heavy atom. The van der Waals surface area contributed by atoms with E-state index >= 15 is 0 Å². The van der Waals surface area contributed by atoms with Crippen LogP contribution in [0.3, 0.4) is 0 Å². The van der Waals surface area contributed by atoms with Crippen molar-refractivity contribution in [1.82, 2.24) is 0 Å². The zero-order valence-corrected chi connectivity index (χ0v) is 12.9. The molecule has 0 aromatic heterocycles. The third-order valence-electron chi connectivity index (χ3n) is 3.56.